The standard InChI is InChI=1S/C15H21BrN2O3/c1-15(2,20-4)5-6-21-12-8-11-9(7-10(12)16)13(17-3)14(19)18-11/h7-8,13,17H,5-6H2,1-4H3,(H,18,19). The first-order valence-corrected chi connectivity index (χ1v) is 7.67. The minimum atomic E-state index is -0.308. The van der Waals surface area contributed by atoms with E-state index in [1.165, 1.54) is 0 Å². The van der Waals surface area contributed by atoms with Gasteiger partial charge < -0.3 is 20.1 Å². The molecule has 0 aliphatic carbocycles. The molecule has 0 saturated heterocycles. The number of anilines is 1. The summed E-state index contributed by atoms with van der Waals surface area (Å²) in [5.74, 6) is 0.676. The fraction of sp³-hybridized carbons (Fsp3) is 0.533. The molecule has 5 nitrogen and oxygen atoms in total. The summed E-state index contributed by atoms with van der Waals surface area (Å²) in [5.41, 5.74) is 1.51. The Morgan fingerprint density at radius 3 is 2.76 bits per heavy atom. The first-order valence-electron chi connectivity index (χ1n) is 6.87. The molecule has 0 saturated carbocycles. The molecule has 2 rings (SSSR count). The van der Waals surface area contributed by atoms with Crippen LogP contribution in [-0.2, 0) is 9.53 Å². The van der Waals surface area contributed by atoms with Gasteiger partial charge in [0, 0.05) is 30.8 Å². The van der Waals surface area contributed by atoms with E-state index in [9.17, 15) is 4.79 Å². The Hall–Kier alpha value is -1.11. The third kappa shape index (κ3) is 3.56. The average Bonchev–Trinajstić information content (AvgIpc) is 2.73. The van der Waals surface area contributed by atoms with E-state index in [0.29, 0.717) is 6.61 Å². The Labute approximate surface area is 133 Å². The molecule has 1 atom stereocenters. The van der Waals surface area contributed by atoms with Crippen molar-refractivity contribution in [1.29, 1.82) is 0 Å². The van der Waals surface area contributed by atoms with Crippen LogP contribution in [0.3, 0.4) is 0 Å². The number of carbonyl (C=O) groups excluding carboxylic acids is 1. The van der Waals surface area contributed by atoms with Gasteiger partial charge in [0.25, 0.3) is 0 Å². The van der Waals surface area contributed by atoms with Crippen molar-refractivity contribution in [1.82, 2.24) is 5.32 Å². The molecule has 0 radical (unpaired) electrons. The van der Waals surface area contributed by atoms with Crippen molar-refractivity contribution in [3.63, 3.8) is 0 Å². The molecule has 116 valence electrons. The van der Waals surface area contributed by atoms with Gasteiger partial charge in [0.15, 0.2) is 0 Å². The molecular formula is C15H21BrN2O3. The van der Waals surface area contributed by atoms with Gasteiger partial charge in [0.2, 0.25) is 5.91 Å². The normalized spacial score (nSPS) is 17.6. The fourth-order valence-corrected chi connectivity index (χ4v) is 2.64. The van der Waals surface area contributed by atoms with Crippen LogP contribution in [-0.4, -0.2) is 32.3 Å². The van der Waals surface area contributed by atoms with Gasteiger partial charge in [0.1, 0.15) is 11.8 Å². The maximum Gasteiger partial charge on any atom is 0.246 e. The topological polar surface area (TPSA) is 59.6 Å². The highest BCUT2D eigenvalue weighted by atomic mass is 79.9. The lowest BCUT2D eigenvalue weighted by Gasteiger charge is -2.23. The van der Waals surface area contributed by atoms with E-state index in [4.69, 9.17) is 9.47 Å². The highest BCUT2D eigenvalue weighted by molar-refractivity contribution is 9.10. The quantitative estimate of drug-likeness (QED) is 0.822. The molecule has 1 unspecified atom stereocenters. The second kappa shape index (κ2) is 6.34. The Kier molecular flexibility index (Phi) is 4.91. The number of methoxy groups -OCH3 is 1. The van der Waals surface area contributed by atoms with Crippen molar-refractivity contribution in [3.8, 4) is 5.75 Å². The van der Waals surface area contributed by atoms with Crippen molar-refractivity contribution in [2.45, 2.75) is 31.9 Å². The SMILES string of the molecule is CNC1C(=O)Nc2cc(OCCC(C)(C)OC)c(Br)cc21. The summed E-state index contributed by atoms with van der Waals surface area (Å²) in [6, 6.07) is 3.47. The number of carbonyl (C=O) groups is 1. The Balaban J connectivity index is 2.10. The largest absolute Gasteiger partial charge is 0.492 e. The Morgan fingerprint density at radius 1 is 1.43 bits per heavy atom. The fourth-order valence-electron chi connectivity index (χ4n) is 2.17. The van der Waals surface area contributed by atoms with Crippen molar-refractivity contribution in [2.75, 3.05) is 26.1 Å². The van der Waals surface area contributed by atoms with E-state index in [2.05, 4.69) is 26.6 Å². The minimum absolute atomic E-state index is 0.0444. The summed E-state index contributed by atoms with van der Waals surface area (Å²) in [5, 5.41) is 5.85. The van der Waals surface area contributed by atoms with E-state index in [-0.39, 0.29) is 17.6 Å². The lowest BCUT2D eigenvalue weighted by Crippen LogP contribution is -2.25. The number of amides is 1. The molecule has 1 heterocycles. The summed E-state index contributed by atoms with van der Waals surface area (Å²) in [6.07, 6.45) is 0.776. The number of likely N-dealkylation sites (N-methyl/N-ethyl adjacent to an activating group) is 1. The summed E-state index contributed by atoms with van der Waals surface area (Å²) in [6.45, 7) is 4.58. The number of ether oxygens (including phenoxy) is 2. The predicted molar refractivity (Wildman–Crippen MR) is 85.8 cm³/mol. The number of hydrogen-bond acceptors (Lipinski definition) is 4. The first kappa shape index (κ1) is 16.3. The molecule has 0 spiro atoms. The third-order valence-electron chi connectivity index (χ3n) is 3.74. The second-order valence-corrected chi connectivity index (χ2v) is 6.50. The maximum absolute atomic E-state index is 11.8. The van der Waals surface area contributed by atoms with Crippen LogP contribution in [0, 0.1) is 0 Å². The molecule has 1 aromatic rings. The summed E-state index contributed by atoms with van der Waals surface area (Å²) in [7, 11) is 3.46. The number of rotatable bonds is 6. The zero-order valence-corrected chi connectivity index (χ0v) is 14.3. The molecule has 21 heavy (non-hydrogen) atoms. The molecule has 1 aromatic carbocycles. The lowest BCUT2D eigenvalue weighted by molar-refractivity contribution is -0.117. The van der Waals surface area contributed by atoms with Gasteiger partial charge in [-0.3, -0.25) is 4.79 Å². The predicted octanol–water partition coefficient (Wildman–Crippen LogP) is 2.86. The number of nitrogens with one attached hydrogen (secondary N) is 2. The third-order valence-corrected chi connectivity index (χ3v) is 4.36. The average molecular weight is 357 g/mol. The van der Waals surface area contributed by atoms with Gasteiger partial charge in [-0.05, 0) is 42.9 Å². The number of halogens is 1. The van der Waals surface area contributed by atoms with Crippen LogP contribution in [0.5, 0.6) is 5.75 Å². The molecule has 2 N–H and O–H groups in total. The maximum atomic E-state index is 11.8. The van der Waals surface area contributed by atoms with Crippen LogP contribution in [0.2, 0.25) is 0 Å². The van der Waals surface area contributed by atoms with Crippen molar-refractivity contribution < 1.29 is 14.3 Å². The van der Waals surface area contributed by atoms with E-state index in [0.717, 1.165) is 27.9 Å². The van der Waals surface area contributed by atoms with Crippen LogP contribution in [0.4, 0.5) is 5.69 Å². The number of benzene rings is 1. The van der Waals surface area contributed by atoms with Crippen LogP contribution in [0.25, 0.3) is 0 Å². The van der Waals surface area contributed by atoms with E-state index in [1.807, 2.05) is 26.0 Å². The molecule has 1 aliphatic heterocycles. The minimum Gasteiger partial charge on any atom is -0.492 e. The Bertz CT molecular complexity index is 546. The van der Waals surface area contributed by atoms with Crippen molar-refractivity contribution in [2.24, 2.45) is 0 Å². The van der Waals surface area contributed by atoms with Gasteiger partial charge in [-0.25, -0.2) is 0 Å². The van der Waals surface area contributed by atoms with E-state index >= 15 is 0 Å². The van der Waals surface area contributed by atoms with Gasteiger partial charge >= 0.3 is 0 Å². The second-order valence-electron chi connectivity index (χ2n) is 5.64. The highest BCUT2D eigenvalue weighted by Gasteiger charge is 2.30. The van der Waals surface area contributed by atoms with E-state index in [1.54, 1.807) is 14.2 Å². The van der Waals surface area contributed by atoms with Gasteiger partial charge in [0.05, 0.1) is 16.7 Å². The van der Waals surface area contributed by atoms with Crippen LogP contribution >= 0.6 is 15.9 Å². The van der Waals surface area contributed by atoms with Gasteiger partial charge in [-0.1, -0.05) is 0 Å². The molecule has 1 aliphatic rings. The highest BCUT2D eigenvalue weighted by Crippen LogP contribution is 2.38. The first-order chi connectivity index (χ1) is 9.88. The van der Waals surface area contributed by atoms with Gasteiger partial charge in [-0.15, -0.1) is 0 Å². The molecule has 0 bridgehead atoms. The van der Waals surface area contributed by atoms with Crippen LogP contribution in [0.15, 0.2) is 16.6 Å². The lowest BCUT2D eigenvalue weighted by atomic mass is 10.1. The summed E-state index contributed by atoms with van der Waals surface area (Å²) in [4.78, 5) is 11.8. The zero-order valence-electron chi connectivity index (χ0n) is 12.7. The number of fused-ring (bicyclic) bond motifs is 1. The Morgan fingerprint density at radius 2 is 2.14 bits per heavy atom. The number of hydrogen-bond donors (Lipinski definition) is 2. The van der Waals surface area contributed by atoms with E-state index < -0.39 is 0 Å². The van der Waals surface area contributed by atoms with Crippen molar-refractivity contribution in [3.05, 3.63) is 22.2 Å². The summed E-state index contributed by atoms with van der Waals surface area (Å²) >= 11 is 3.50. The van der Waals surface area contributed by atoms with Crippen LogP contribution in [0.1, 0.15) is 31.9 Å². The summed E-state index contributed by atoms with van der Waals surface area (Å²) < 4.78 is 12.0. The van der Waals surface area contributed by atoms with Gasteiger partial charge in [-0.2, -0.15) is 0 Å². The molecule has 0 aromatic heterocycles. The van der Waals surface area contributed by atoms with Crippen molar-refractivity contribution >= 4 is 27.5 Å². The molecule has 6 heteroatoms. The molecular weight excluding hydrogens is 336 g/mol. The van der Waals surface area contributed by atoms with Crippen LogP contribution < -0.4 is 15.4 Å². The molecule has 0 fully saturated rings. The smallest absolute Gasteiger partial charge is 0.246 e. The monoisotopic (exact) mass is 356 g/mol. The zero-order chi connectivity index (χ0) is 15.6. The molecule has 1 amide bonds.